The van der Waals surface area contributed by atoms with Gasteiger partial charge < -0.3 is 21.1 Å². The van der Waals surface area contributed by atoms with E-state index >= 15 is 0 Å². The van der Waals surface area contributed by atoms with Gasteiger partial charge in [-0.3, -0.25) is 19.3 Å². The fourth-order valence-electron chi connectivity index (χ4n) is 6.21. The van der Waals surface area contributed by atoms with Crippen LogP contribution < -0.4 is 11.1 Å². The van der Waals surface area contributed by atoms with E-state index in [9.17, 15) is 19.5 Å². The molecule has 0 aliphatic carbocycles. The number of rotatable bonds is 10. The maximum atomic E-state index is 14.3. The lowest BCUT2D eigenvalue weighted by Crippen LogP contribution is -2.52. The van der Waals surface area contributed by atoms with Gasteiger partial charge in [0.1, 0.15) is 12.1 Å². The van der Waals surface area contributed by atoms with Crippen LogP contribution in [0.15, 0.2) is 91.0 Å². The Morgan fingerprint density at radius 1 is 0.902 bits per heavy atom. The molecule has 0 bridgehead atoms. The van der Waals surface area contributed by atoms with Gasteiger partial charge in [-0.25, -0.2) is 0 Å². The molecule has 0 radical (unpaired) electrons. The number of nitrogens with one attached hydrogen (secondary N) is 1. The number of nitrogens with two attached hydrogens (primary N) is 1. The fraction of sp³-hybridized carbons (Fsp3) is 0.364. The molecule has 1 amide bonds. The monoisotopic (exact) mass is 554 g/mol. The molecule has 5 rings (SSSR count). The quantitative estimate of drug-likeness (QED) is 0.261. The number of nitrogens with zero attached hydrogens (tertiary/aromatic N) is 2. The lowest BCUT2D eigenvalue weighted by molar-refractivity contribution is -0.142. The second-order valence-corrected chi connectivity index (χ2v) is 11.1. The number of carbonyl (C=O) groups is 3. The highest BCUT2D eigenvalue weighted by atomic mass is 16.4. The Labute approximate surface area is 241 Å². The largest absolute Gasteiger partial charge is 0.480 e. The third-order valence-corrected chi connectivity index (χ3v) is 8.46. The topological polar surface area (TPSA) is 116 Å². The maximum absolute atomic E-state index is 14.3. The number of hydrogen-bond acceptors (Lipinski definition) is 6. The van der Waals surface area contributed by atoms with Crippen LogP contribution in [0.2, 0.25) is 0 Å². The summed E-state index contributed by atoms with van der Waals surface area (Å²) in [5.41, 5.74) is 8.30. The summed E-state index contributed by atoms with van der Waals surface area (Å²) in [4.78, 5) is 43.1. The van der Waals surface area contributed by atoms with Crippen molar-refractivity contribution in [1.29, 1.82) is 0 Å². The Hall–Kier alpha value is -3.85. The van der Waals surface area contributed by atoms with E-state index in [4.69, 9.17) is 5.73 Å². The number of amides is 1. The highest BCUT2D eigenvalue weighted by Crippen LogP contribution is 2.48. The van der Waals surface area contributed by atoms with E-state index in [0.29, 0.717) is 32.6 Å². The van der Waals surface area contributed by atoms with Gasteiger partial charge >= 0.3 is 5.97 Å². The number of carbonyl (C=O) groups excluding carboxylic acids is 2. The number of ketones is 1. The summed E-state index contributed by atoms with van der Waals surface area (Å²) in [6.07, 6.45) is 0.693. The molecule has 0 aromatic heterocycles. The van der Waals surface area contributed by atoms with Gasteiger partial charge in [0, 0.05) is 26.1 Å². The number of aliphatic carboxylic acids is 1. The van der Waals surface area contributed by atoms with Crippen molar-refractivity contribution in [1.82, 2.24) is 15.1 Å². The van der Waals surface area contributed by atoms with Gasteiger partial charge in [-0.1, -0.05) is 97.9 Å². The molecule has 2 saturated heterocycles. The molecule has 2 fully saturated rings. The average Bonchev–Trinajstić information content (AvgIpc) is 3.83. The van der Waals surface area contributed by atoms with E-state index in [2.05, 4.69) is 46.6 Å². The second-order valence-electron chi connectivity index (χ2n) is 11.1. The molecule has 2 aliphatic heterocycles. The molecule has 3 unspecified atom stereocenters. The SMILES string of the molecule is CC(CC(=O)N1CCCNCC1C(=O)[C@@H]1CN1C(c1ccccc1)(c1ccccc1)c1ccccc1)[C@H](N)C(=O)O. The Kier molecular flexibility index (Phi) is 8.63. The van der Waals surface area contributed by atoms with Gasteiger partial charge in [0.05, 0.1) is 11.6 Å². The zero-order valence-corrected chi connectivity index (χ0v) is 23.4. The minimum Gasteiger partial charge on any atom is -0.480 e. The van der Waals surface area contributed by atoms with Crippen LogP contribution >= 0.6 is 0 Å². The van der Waals surface area contributed by atoms with E-state index in [1.54, 1.807) is 11.8 Å². The van der Waals surface area contributed by atoms with Crippen molar-refractivity contribution in [3.05, 3.63) is 108 Å². The van der Waals surface area contributed by atoms with E-state index < -0.39 is 35.6 Å². The highest BCUT2D eigenvalue weighted by molar-refractivity contribution is 5.95. The van der Waals surface area contributed by atoms with Gasteiger partial charge in [-0.2, -0.15) is 0 Å². The molecule has 5 atom stereocenters. The van der Waals surface area contributed by atoms with Crippen molar-refractivity contribution >= 4 is 17.7 Å². The van der Waals surface area contributed by atoms with Gasteiger partial charge in [0.15, 0.2) is 5.78 Å². The Morgan fingerprint density at radius 2 is 1.41 bits per heavy atom. The Balaban J connectivity index is 1.49. The zero-order chi connectivity index (χ0) is 29.0. The summed E-state index contributed by atoms with van der Waals surface area (Å²) in [7, 11) is 0. The first kappa shape index (κ1) is 28.7. The normalized spacial score (nSPS) is 22.3. The summed E-state index contributed by atoms with van der Waals surface area (Å²) >= 11 is 0. The molecule has 2 aliphatic rings. The smallest absolute Gasteiger partial charge is 0.320 e. The average molecular weight is 555 g/mol. The second kappa shape index (κ2) is 12.3. The lowest BCUT2D eigenvalue weighted by Gasteiger charge is -2.38. The Morgan fingerprint density at radius 3 is 1.90 bits per heavy atom. The van der Waals surface area contributed by atoms with Gasteiger partial charge in [-0.05, 0) is 35.6 Å². The number of carboxylic acid groups (broad SMARTS) is 1. The molecule has 0 spiro atoms. The van der Waals surface area contributed by atoms with E-state index in [1.165, 1.54) is 0 Å². The predicted molar refractivity (Wildman–Crippen MR) is 157 cm³/mol. The molecule has 3 aromatic carbocycles. The molecule has 2 heterocycles. The van der Waals surface area contributed by atoms with E-state index in [-0.39, 0.29) is 18.1 Å². The summed E-state index contributed by atoms with van der Waals surface area (Å²) in [6.45, 7) is 3.72. The van der Waals surface area contributed by atoms with Crippen LogP contribution in [-0.2, 0) is 19.9 Å². The molecule has 41 heavy (non-hydrogen) atoms. The number of carboxylic acids is 1. The van der Waals surface area contributed by atoms with Crippen molar-refractivity contribution in [3.8, 4) is 0 Å². The molecule has 214 valence electrons. The highest BCUT2D eigenvalue weighted by Gasteiger charge is 2.57. The number of Topliss-reactive ketones (excluding diaryl/α,β-unsaturated/α-hetero) is 1. The van der Waals surface area contributed by atoms with Crippen LogP contribution in [0.25, 0.3) is 0 Å². The van der Waals surface area contributed by atoms with Crippen LogP contribution in [0, 0.1) is 5.92 Å². The van der Waals surface area contributed by atoms with Gasteiger partial charge in [-0.15, -0.1) is 0 Å². The molecule has 3 aromatic rings. The summed E-state index contributed by atoms with van der Waals surface area (Å²) in [5.74, 6) is -1.92. The molecule has 8 nitrogen and oxygen atoms in total. The molecular weight excluding hydrogens is 516 g/mol. The first-order valence-electron chi connectivity index (χ1n) is 14.3. The Bertz CT molecular complexity index is 1250. The summed E-state index contributed by atoms with van der Waals surface area (Å²) in [5, 5.41) is 12.6. The summed E-state index contributed by atoms with van der Waals surface area (Å²) < 4.78 is 0. The van der Waals surface area contributed by atoms with Crippen molar-refractivity contribution in [2.24, 2.45) is 11.7 Å². The maximum Gasteiger partial charge on any atom is 0.320 e. The first-order valence-corrected chi connectivity index (χ1v) is 14.3. The van der Waals surface area contributed by atoms with Crippen molar-refractivity contribution < 1.29 is 19.5 Å². The van der Waals surface area contributed by atoms with Crippen LogP contribution in [0.1, 0.15) is 36.5 Å². The minimum absolute atomic E-state index is 0.00453. The van der Waals surface area contributed by atoms with Gasteiger partial charge in [0.25, 0.3) is 0 Å². The van der Waals surface area contributed by atoms with E-state index in [0.717, 1.165) is 16.7 Å². The molecule has 0 saturated carbocycles. The molecular formula is C33H38N4O4. The number of hydrogen-bond donors (Lipinski definition) is 3. The fourth-order valence-corrected chi connectivity index (χ4v) is 6.21. The van der Waals surface area contributed by atoms with Gasteiger partial charge in [0.2, 0.25) is 5.91 Å². The van der Waals surface area contributed by atoms with Crippen LogP contribution in [0.3, 0.4) is 0 Å². The third kappa shape index (κ3) is 5.68. The van der Waals surface area contributed by atoms with Crippen LogP contribution in [0.4, 0.5) is 0 Å². The third-order valence-electron chi connectivity index (χ3n) is 8.46. The van der Waals surface area contributed by atoms with Crippen molar-refractivity contribution in [3.63, 3.8) is 0 Å². The first-order chi connectivity index (χ1) is 19.9. The molecule has 4 N–H and O–H groups in total. The number of benzene rings is 3. The van der Waals surface area contributed by atoms with Crippen molar-refractivity contribution in [2.75, 3.05) is 26.2 Å². The predicted octanol–water partition coefficient (Wildman–Crippen LogP) is 2.86. The zero-order valence-electron chi connectivity index (χ0n) is 23.4. The lowest BCUT2D eigenvalue weighted by atomic mass is 9.76. The standard InChI is InChI=1S/C33H38N4O4/c1-23(30(34)32(40)41)20-29(38)36-19-11-18-35-21-27(36)31(39)28-22-37(28)33(24-12-5-2-6-13-24,25-14-7-3-8-15-25)26-16-9-4-10-17-26/h2-10,12-17,23,27-28,30,35H,11,18-22,34H2,1H3,(H,40,41)/t23?,27?,28-,30-,37?/m0/s1. The summed E-state index contributed by atoms with van der Waals surface area (Å²) in [6, 6.07) is 28.6. The van der Waals surface area contributed by atoms with Crippen LogP contribution in [0.5, 0.6) is 0 Å². The van der Waals surface area contributed by atoms with Crippen LogP contribution in [-0.4, -0.2) is 76.9 Å². The molecule has 8 heteroatoms. The van der Waals surface area contributed by atoms with E-state index in [1.807, 2.05) is 54.6 Å². The minimum atomic E-state index is -1.14. The van der Waals surface area contributed by atoms with Crippen molar-refractivity contribution in [2.45, 2.75) is 43.4 Å².